The first-order valence-corrected chi connectivity index (χ1v) is 6.57. The number of carbonyl (C=O) groups excluding carboxylic acids is 1. The summed E-state index contributed by atoms with van der Waals surface area (Å²) in [5.74, 6) is 1.35. The van der Waals surface area contributed by atoms with E-state index in [1.165, 1.54) is 6.20 Å². The van der Waals surface area contributed by atoms with Gasteiger partial charge in [0.1, 0.15) is 17.8 Å². The minimum atomic E-state index is 0.310. The molecule has 0 N–H and O–H groups in total. The van der Waals surface area contributed by atoms with Crippen molar-refractivity contribution in [2.45, 2.75) is 19.3 Å². The zero-order valence-corrected chi connectivity index (χ0v) is 11.7. The Labute approximate surface area is 118 Å². The van der Waals surface area contributed by atoms with E-state index in [2.05, 4.69) is 28.1 Å². The Kier molecular flexibility index (Phi) is 4.40. The summed E-state index contributed by atoms with van der Waals surface area (Å²) in [6, 6.07) is 0. The highest BCUT2D eigenvalue weighted by atomic mass is 16.1. The Bertz CT molecular complexity index is 577. The minimum Gasteiger partial charge on any atom is -0.352 e. The molecule has 0 saturated carbocycles. The van der Waals surface area contributed by atoms with Gasteiger partial charge in [0.15, 0.2) is 5.82 Å². The summed E-state index contributed by atoms with van der Waals surface area (Å²) in [7, 11) is 1.86. The minimum absolute atomic E-state index is 0.310. The molecule has 1 aliphatic carbocycles. The van der Waals surface area contributed by atoms with E-state index in [0.29, 0.717) is 18.1 Å². The molecule has 0 fully saturated rings. The molecule has 1 aromatic heterocycles. The maximum Gasteiger partial charge on any atom is 0.180 e. The molecule has 0 bridgehead atoms. The average molecular weight is 270 g/mol. The summed E-state index contributed by atoms with van der Waals surface area (Å²) in [5.41, 5.74) is 2.77. The van der Waals surface area contributed by atoms with E-state index in [9.17, 15) is 4.79 Å². The number of aromatic nitrogens is 2. The zero-order valence-electron chi connectivity index (χ0n) is 11.7. The second kappa shape index (κ2) is 6.23. The van der Waals surface area contributed by atoms with Crippen LogP contribution in [0.25, 0.3) is 0 Å². The van der Waals surface area contributed by atoms with E-state index in [0.717, 1.165) is 42.6 Å². The van der Waals surface area contributed by atoms with Crippen molar-refractivity contribution in [3.63, 3.8) is 0 Å². The molecule has 20 heavy (non-hydrogen) atoms. The predicted molar refractivity (Wildman–Crippen MR) is 80.3 cm³/mol. The number of aldehydes is 1. The van der Waals surface area contributed by atoms with Crippen molar-refractivity contribution in [1.82, 2.24) is 9.97 Å². The third-order valence-electron chi connectivity index (χ3n) is 3.27. The number of rotatable bonds is 6. The molecule has 0 aliphatic heterocycles. The molecule has 2 rings (SSSR count). The predicted octanol–water partition coefficient (Wildman–Crippen LogP) is 1.72. The maximum atomic E-state index is 10.7. The quantitative estimate of drug-likeness (QED) is 0.583. The molecular formula is C15H18N4O. The van der Waals surface area contributed by atoms with Gasteiger partial charge in [-0.3, -0.25) is 4.99 Å². The number of likely N-dealkylation sites (N-methyl/N-ethyl adjacent to an activating group) is 1. The lowest BCUT2D eigenvalue weighted by molar-refractivity contribution is -0.106. The second-order valence-corrected chi connectivity index (χ2v) is 4.60. The van der Waals surface area contributed by atoms with Gasteiger partial charge in [0, 0.05) is 24.5 Å². The van der Waals surface area contributed by atoms with Gasteiger partial charge in [0.05, 0.1) is 6.54 Å². The highest BCUT2D eigenvalue weighted by Gasteiger charge is 2.22. The van der Waals surface area contributed by atoms with E-state index in [4.69, 9.17) is 0 Å². The lowest BCUT2D eigenvalue weighted by Gasteiger charge is -2.19. The van der Waals surface area contributed by atoms with Gasteiger partial charge in [-0.25, -0.2) is 9.97 Å². The van der Waals surface area contributed by atoms with Crippen molar-refractivity contribution in [2.24, 2.45) is 4.99 Å². The number of anilines is 1. The van der Waals surface area contributed by atoms with Crippen LogP contribution in [0.1, 0.15) is 23.5 Å². The Hall–Kier alpha value is -2.30. The van der Waals surface area contributed by atoms with Crippen molar-refractivity contribution in [2.75, 3.05) is 18.5 Å². The molecule has 1 aliphatic rings. The van der Waals surface area contributed by atoms with Crippen molar-refractivity contribution in [3.8, 4) is 0 Å². The molecule has 0 amide bonds. The monoisotopic (exact) mass is 270 g/mol. The number of aryl methyl sites for hydroxylation is 1. The van der Waals surface area contributed by atoms with E-state index >= 15 is 0 Å². The van der Waals surface area contributed by atoms with E-state index in [1.807, 2.05) is 11.9 Å². The van der Waals surface area contributed by atoms with E-state index < -0.39 is 0 Å². The van der Waals surface area contributed by atoms with Crippen LogP contribution in [-0.2, 0) is 17.6 Å². The third kappa shape index (κ3) is 2.66. The number of aliphatic imine (C=N–C) groups is 1. The number of hydrogen-bond donors (Lipinski definition) is 0. The maximum absolute atomic E-state index is 10.7. The molecule has 1 aromatic rings. The number of carbonyl (C=O) groups is 1. The summed E-state index contributed by atoms with van der Waals surface area (Å²) >= 11 is 0. The average Bonchev–Trinajstić information content (AvgIpc) is 2.92. The van der Waals surface area contributed by atoms with Gasteiger partial charge in [0.25, 0.3) is 0 Å². The second-order valence-electron chi connectivity index (χ2n) is 4.60. The Morgan fingerprint density at radius 2 is 2.20 bits per heavy atom. The Balaban J connectivity index is 2.53. The summed E-state index contributed by atoms with van der Waals surface area (Å²) in [4.78, 5) is 25.8. The van der Waals surface area contributed by atoms with Gasteiger partial charge in [-0.05, 0) is 25.3 Å². The van der Waals surface area contributed by atoms with Crippen LogP contribution in [0.5, 0.6) is 0 Å². The molecule has 1 heterocycles. The summed E-state index contributed by atoms with van der Waals surface area (Å²) in [5, 5.41) is 0. The fourth-order valence-electron chi connectivity index (χ4n) is 2.34. The van der Waals surface area contributed by atoms with Crippen LogP contribution in [0.2, 0.25) is 0 Å². The molecule has 0 saturated heterocycles. The number of nitrogens with zero attached hydrogens (tertiary/aromatic N) is 4. The first-order chi connectivity index (χ1) is 9.71. The Morgan fingerprint density at radius 1 is 1.40 bits per heavy atom. The van der Waals surface area contributed by atoms with E-state index in [-0.39, 0.29) is 0 Å². The van der Waals surface area contributed by atoms with E-state index in [1.54, 1.807) is 6.08 Å². The van der Waals surface area contributed by atoms with Crippen molar-refractivity contribution >= 4 is 17.8 Å². The standard InChI is InChI=1S/C15H18N4O/c1-4-12(16-5-2)14-17-13-8-6-7-11(13)15(18-14)19(3)9-10-20/h4-5,10H,1-2,6-9H2,3H3. The van der Waals surface area contributed by atoms with Crippen LogP contribution in [0.3, 0.4) is 0 Å². The molecule has 5 heteroatoms. The molecular weight excluding hydrogens is 252 g/mol. The third-order valence-corrected chi connectivity index (χ3v) is 3.27. The number of fused-ring (bicyclic) bond motifs is 1. The van der Waals surface area contributed by atoms with Gasteiger partial charge in [-0.15, -0.1) is 0 Å². The molecule has 0 unspecified atom stereocenters. The van der Waals surface area contributed by atoms with Crippen molar-refractivity contribution in [3.05, 3.63) is 42.5 Å². The molecule has 0 spiro atoms. The molecule has 104 valence electrons. The smallest absolute Gasteiger partial charge is 0.180 e. The van der Waals surface area contributed by atoms with Crippen LogP contribution >= 0.6 is 0 Å². The largest absolute Gasteiger partial charge is 0.352 e. The molecule has 0 atom stereocenters. The van der Waals surface area contributed by atoms with Crippen LogP contribution < -0.4 is 4.90 Å². The first-order valence-electron chi connectivity index (χ1n) is 6.57. The lowest BCUT2D eigenvalue weighted by Crippen LogP contribution is -2.24. The SMILES string of the molecule is C=CN=C(C=C)c1nc2c(c(N(C)CC=O)n1)CCC2. The fraction of sp³-hybridized carbons (Fsp3) is 0.333. The van der Waals surface area contributed by atoms with Crippen LogP contribution in [0.4, 0.5) is 5.82 Å². The van der Waals surface area contributed by atoms with Gasteiger partial charge in [-0.1, -0.05) is 13.2 Å². The van der Waals surface area contributed by atoms with Gasteiger partial charge in [0.2, 0.25) is 0 Å². The van der Waals surface area contributed by atoms with Crippen LogP contribution in [0.15, 0.2) is 30.4 Å². The van der Waals surface area contributed by atoms with Crippen molar-refractivity contribution < 1.29 is 4.79 Å². The number of allylic oxidation sites excluding steroid dienone is 1. The Morgan fingerprint density at radius 3 is 2.85 bits per heavy atom. The summed E-state index contributed by atoms with van der Waals surface area (Å²) in [6.07, 6.45) is 6.89. The summed E-state index contributed by atoms with van der Waals surface area (Å²) < 4.78 is 0. The van der Waals surface area contributed by atoms with Crippen molar-refractivity contribution in [1.29, 1.82) is 0 Å². The lowest BCUT2D eigenvalue weighted by atomic mass is 10.2. The first kappa shape index (κ1) is 14.1. The van der Waals surface area contributed by atoms with Gasteiger partial charge in [-0.2, -0.15) is 0 Å². The highest BCUT2D eigenvalue weighted by molar-refractivity contribution is 6.06. The van der Waals surface area contributed by atoms with Crippen LogP contribution in [0, 0.1) is 0 Å². The van der Waals surface area contributed by atoms with Gasteiger partial charge < -0.3 is 9.69 Å². The van der Waals surface area contributed by atoms with Gasteiger partial charge >= 0.3 is 0 Å². The summed E-state index contributed by atoms with van der Waals surface area (Å²) in [6.45, 7) is 7.63. The molecule has 5 nitrogen and oxygen atoms in total. The fourth-order valence-corrected chi connectivity index (χ4v) is 2.34. The highest BCUT2D eigenvalue weighted by Crippen LogP contribution is 2.28. The normalized spacial score (nSPS) is 13.8. The molecule has 0 aromatic carbocycles. The molecule has 0 radical (unpaired) electrons. The zero-order chi connectivity index (χ0) is 14.5. The topological polar surface area (TPSA) is 58.5 Å². The van der Waals surface area contributed by atoms with Crippen LogP contribution in [-0.4, -0.2) is 35.6 Å². The number of hydrogen-bond acceptors (Lipinski definition) is 5.